The highest BCUT2D eigenvalue weighted by Gasteiger charge is 2.30. The van der Waals surface area contributed by atoms with E-state index in [1.54, 1.807) is 12.1 Å². The molecule has 0 radical (unpaired) electrons. The predicted octanol–water partition coefficient (Wildman–Crippen LogP) is 4.68. The standard InChI is InChI=1S/C22H23NO2/c1-16(2)18-9-11-20(12-10-18)22(13-4-14-23-22)15-17-5-7-19(8-6-17)21(24)25-3/h4-14,16H,15H2,1-3H3. The number of aliphatic imine (C=N–C) groups is 1. The third-order valence-electron chi connectivity index (χ3n) is 4.69. The molecule has 0 saturated carbocycles. The lowest BCUT2D eigenvalue weighted by atomic mass is 9.84. The Morgan fingerprint density at radius 3 is 2.28 bits per heavy atom. The van der Waals surface area contributed by atoms with Gasteiger partial charge in [0.25, 0.3) is 0 Å². The van der Waals surface area contributed by atoms with Crippen LogP contribution in [0.15, 0.2) is 65.7 Å². The molecular formula is C22H23NO2. The van der Waals surface area contributed by atoms with Crippen LogP contribution in [0.2, 0.25) is 0 Å². The van der Waals surface area contributed by atoms with Crippen molar-refractivity contribution in [1.29, 1.82) is 0 Å². The minimum Gasteiger partial charge on any atom is -0.465 e. The summed E-state index contributed by atoms with van der Waals surface area (Å²) in [6.07, 6.45) is 6.76. The van der Waals surface area contributed by atoms with Gasteiger partial charge in [0.2, 0.25) is 0 Å². The maximum atomic E-state index is 11.6. The van der Waals surface area contributed by atoms with Crippen molar-refractivity contribution in [2.45, 2.75) is 31.7 Å². The molecule has 0 bridgehead atoms. The van der Waals surface area contributed by atoms with Crippen molar-refractivity contribution in [3.05, 3.63) is 82.9 Å². The van der Waals surface area contributed by atoms with Gasteiger partial charge in [0.1, 0.15) is 5.54 Å². The number of rotatable bonds is 5. The Labute approximate surface area is 149 Å². The molecule has 0 fully saturated rings. The van der Waals surface area contributed by atoms with Gasteiger partial charge in [0, 0.05) is 12.6 Å². The van der Waals surface area contributed by atoms with Crippen LogP contribution in [0.3, 0.4) is 0 Å². The zero-order valence-corrected chi connectivity index (χ0v) is 14.9. The number of carbonyl (C=O) groups excluding carboxylic acids is 1. The highest BCUT2D eigenvalue weighted by molar-refractivity contribution is 5.89. The van der Waals surface area contributed by atoms with Gasteiger partial charge in [-0.05, 0) is 40.8 Å². The van der Waals surface area contributed by atoms with E-state index in [1.807, 2.05) is 24.4 Å². The molecule has 1 atom stereocenters. The lowest BCUT2D eigenvalue weighted by Crippen LogP contribution is -2.22. The van der Waals surface area contributed by atoms with Crippen molar-refractivity contribution in [2.75, 3.05) is 7.11 Å². The maximum absolute atomic E-state index is 11.6. The molecular weight excluding hydrogens is 310 g/mol. The van der Waals surface area contributed by atoms with Crippen LogP contribution < -0.4 is 0 Å². The molecule has 1 heterocycles. The van der Waals surface area contributed by atoms with Gasteiger partial charge >= 0.3 is 5.97 Å². The summed E-state index contributed by atoms with van der Waals surface area (Å²) in [5.41, 5.74) is 3.82. The third kappa shape index (κ3) is 3.55. The molecule has 0 N–H and O–H groups in total. The summed E-state index contributed by atoms with van der Waals surface area (Å²) in [7, 11) is 1.39. The molecule has 3 nitrogen and oxygen atoms in total. The molecule has 0 spiro atoms. The summed E-state index contributed by atoms with van der Waals surface area (Å²) in [6.45, 7) is 4.39. The fourth-order valence-corrected chi connectivity index (χ4v) is 3.14. The molecule has 0 aliphatic carbocycles. The van der Waals surface area contributed by atoms with Crippen LogP contribution in [0.5, 0.6) is 0 Å². The van der Waals surface area contributed by atoms with Crippen LogP contribution >= 0.6 is 0 Å². The summed E-state index contributed by atoms with van der Waals surface area (Å²) in [5, 5.41) is 0. The second kappa shape index (κ2) is 7.06. The number of hydrogen-bond donors (Lipinski definition) is 0. The van der Waals surface area contributed by atoms with Crippen LogP contribution in [-0.4, -0.2) is 19.3 Å². The van der Waals surface area contributed by atoms with E-state index in [4.69, 9.17) is 9.73 Å². The lowest BCUT2D eigenvalue weighted by Gasteiger charge is -2.26. The van der Waals surface area contributed by atoms with E-state index in [2.05, 4.69) is 44.2 Å². The van der Waals surface area contributed by atoms with Crippen molar-refractivity contribution < 1.29 is 9.53 Å². The fourth-order valence-electron chi connectivity index (χ4n) is 3.14. The number of hydrogen-bond acceptors (Lipinski definition) is 3. The van der Waals surface area contributed by atoms with Gasteiger partial charge in [-0.25, -0.2) is 4.79 Å². The van der Waals surface area contributed by atoms with Gasteiger partial charge in [-0.3, -0.25) is 4.99 Å². The first-order valence-corrected chi connectivity index (χ1v) is 8.55. The smallest absolute Gasteiger partial charge is 0.337 e. The minimum atomic E-state index is -0.373. The zero-order valence-electron chi connectivity index (χ0n) is 14.9. The SMILES string of the molecule is COC(=O)c1ccc(CC2(c3ccc(C(C)C)cc3)C=CC=N2)cc1. The Balaban J connectivity index is 1.87. The first kappa shape index (κ1) is 17.2. The lowest BCUT2D eigenvalue weighted by molar-refractivity contribution is 0.0600. The number of benzene rings is 2. The summed E-state index contributed by atoms with van der Waals surface area (Å²) in [4.78, 5) is 16.3. The first-order chi connectivity index (χ1) is 12.0. The molecule has 1 unspecified atom stereocenters. The van der Waals surface area contributed by atoms with E-state index >= 15 is 0 Å². The molecule has 25 heavy (non-hydrogen) atoms. The number of allylic oxidation sites excluding steroid dienone is 1. The normalized spacial score (nSPS) is 18.7. The third-order valence-corrected chi connectivity index (χ3v) is 4.69. The fraction of sp³-hybridized carbons (Fsp3) is 0.273. The van der Waals surface area contributed by atoms with Gasteiger partial charge < -0.3 is 4.74 Å². The van der Waals surface area contributed by atoms with Gasteiger partial charge in [-0.1, -0.05) is 56.3 Å². The number of methoxy groups -OCH3 is 1. The molecule has 1 aliphatic rings. The number of ether oxygens (including phenoxy) is 1. The Hall–Kier alpha value is -2.68. The second-order valence-electron chi connectivity index (χ2n) is 6.70. The molecule has 0 aromatic heterocycles. The zero-order chi connectivity index (χ0) is 17.9. The molecule has 128 valence electrons. The molecule has 0 amide bonds. The maximum Gasteiger partial charge on any atom is 0.337 e. The Kier molecular flexibility index (Phi) is 4.84. The van der Waals surface area contributed by atoms with Crippen LogP contribution in [0.1, 0.15) is 46.8 Å². The second-order valence-corrected chi connectivity index (χ2v) is 6.70. The topological polar surface area (TPSA) is 38.7 Å². The Bertz CT molecular complexity index is 787. The molecule has 3 heteroatoms. The number of carbonyl (C=O) groups is 1. The average molecular weight is 333 g/mol. The van der Waals surface area contributed by atoms with Gasteiger partial charge in [0.15, 0.2) is 0 Å². The Morgan fingerprint density at radius 1 is 1.08 bits per heavy atom. The van der Waals surface area contributed by atoms with Crippen LogP contribution in [0.4, 0.5) is 0 Å². The van der Waals surface area contributed by atoms with E-state index in [0.29, 0.717) is 11.5 Å². The van der Waals surface area contributed by atoms with Crippen molar-refractivity contribution >= 4 is 12.2 Å². The largest absolute Gasteiger partial charge is 0.465 e. The number of nitrogens with zero attached hydrogens (tertiary/aromatic N) is 1. The van der Waals surface area contributed by atoms with Gasteiger partial charge in [-0.15, -0.1) is 0 Å². The molecule has 1 aliphatic heterocycles. The molecule has 0 saturated heterocycles. The van der Waals surface area contributed by atoms with Crippen molar-refractivity contribution in [1.82, 2.24) is 0 Å². The van der Waals surface area contributed by atoms with Crippen molar-refractivity contribution in [3.8, 4) is 0 Å². The monoisotopic (exact) mass is 333 g/mol. The van der Waals surface area contributed by atoms with E-state index < -0.39 is 0 Å². The van der Waals surface area contributed by atoms with E-state index in [1.165, 1.54) is 18.2 Å². The van der Waals surface area contributed by atoms with Crippen molar-refractivity contribution in [2.24, 2.45) is 4.99 Å². The van der Waals surface area contributed by atoms with Crippen LogP contribution in [0.25, 0.3) is 0 Å². The Morgan fingerprint density at radius 2 is 1.76 bits per heavy atom. The number of esters is 1. The van der Waals surface area contributed by atoms with Crippen LogP contribution in [0, 0.1) is 0 Å². The summed E-state index contributed by atoms with van der Waals surface area (Å²) in [6, 6.07) is 16.3. The van der Waals surface area contributed by atoms with Gasteiger partial charge in [-0.2, -0.15) is 0 Å². The first-order valence-electron chi connectivity index (χ1n) is 8.55. The summed E-state index contributed by atoms with van der Waals surface area (Å²) >= 11 is 0. The van der Waals surface area contributed by atoms with Crippen LogP contribution in [-0.2, 0) is 16.7 Å². The highest BCUT2D eigenvalue weighted by atomic mass is 16.5. The van der Waals surface area contributed by atoms with E-state index in [9.17, 15) is 4.79 Å². The van der Waals surface area contributed by atoms with Gasteiger partial charge in [0.05, 0.1) is 12.7 Å². The van der Waals surface area contributed by atoms with Crippen molar-refractivity contribution in [3.63, 3.8) is 0 Å². The minimum absolute atomic E-state index is 0.315. The quantitative estimate of drug-likeness (QED) is 0.746. The predicted molar refractivity (Wildman–Crippen MR) is 101 cm³/mol. The summed E-state index contributed by atoms with van der Waals surface area (Å²) < 4.78 is 4.76. The summed E-state index contributed by atoms with van der Waals surface area (Å²) in [5.74, 6) is 0.197. The molecule has 2 aromatic rings. The van der Waals surface area contributed by atoms with E-state index in [-0.39, 0.29) is 11.5 Å². The molecule has 2 aromatic carbocycles. The highest BCUT2D eigenvalue weighted by Crippen LogP contribution is 2.34. The average Bonchev–Trinajstić information content (AvgIpc) is 3.11. The molecule has 3 rings (SSSR count). The van der Waals surface area contributed by atoms with E-state index in [0.717, 1.165) is 12.0 Å².